The minimum absolute atomic E-state index is 0.115. The van der Waals surface area contributed by atoms with Crippen LogP contribution in [0.3, 0.4) is 0 Å². The predicted octanol–water partition coefficient (Wildman–Crippen LogP) is 1.31. The summed E-state index contributed by atoms with van der Waals surface area (Å²) in [6, 6.07) is 6.03. The van der Waals surface area contributed by atoms with Crippen molar-refractivity contribution in [2.45, 2.75) is 32.2 Å². The van der Waals surface area contributed by atoms with Crippen LogP contribution in [0.15, 0.2) is 18.2 Å². The van der Waals surface area contributed by atoms with Crippen molar-refractivity contribution in [2.75, 3.05) is 26.4 Å². The summed E-state index contributed by atoms with van der Waals surface area (Å²) in [5.41, 5.74) is 7.51. The summed E-state index contributed by atoms with van der Waals surface area (Å²) in [6.45, 7) is 6.00. The van der Waals surface area contributed by atoms with Gasteiger partial charge in [-0.25, -0.2) is 0 Å². The summed E-state index contributed by atoms with van der Waals surface area (Å²) >= 11 is 0. The van der Waals surface area contributed by atoms with Gasteiger partial charge < -0.3 is 20.5 Å². The number of carbonyl (C=O) groups excluding carboxylic acids is 1. The van der Waals surface area contributed by atoms with E-state index < -0.39 is 5.54 Å². The quantitative estimate of drug-likeness (QED) is 0.802. The lowest BCUT2D eigenvalue weighted by Gasteiger charge is -2.31. The van der Waals surface area contributed by atoms with Crippen LogP contribution >= 0.6 is 0 Å². The lowest BCUT2D eigenvalue weighted by atomic mass is 9.90. The molecular formula is C16H24N2O3. The van der Waals surface area contributed by atoms with Gasteiger partial charge in [0, 0.05) is 13.2 Å². The Morgan fingerprint density at radius 2 is 1.95 bits per heavy atom. The zero-order chi connectivity index (χ0) is 15.3. The lowest BCUT2D eigenvalue weighted by molar-refractivity contribution is -0.129. The Morgan fingerprint density at radius 1 is 1.33 bits per heavy atom. The van der Waals surface area contributed by atoms with Crippen molar-refractivity contribution in [3.8, 4) is 5.75 Å². The van der Waals surface area contributed by atoms with Gasteiger partial charge in [0.2, 0.25) is 5.91 Å². The average Bonchev–Trinajstić information content (AvgIpc) is 2.46. The second-order valence-corrected chi connectivity index (χ2v) is 5.59. The van der Waals surface area contributed by atoms with E-state index in [2.05, 4.69) is 5.32 Å². The molecule has 2 rings (SSSR count). The Balaban J connectivity index is 1.78. The van der Waals surface area contributed by atoms with Gasteiger partial charge in [0.25, 0.3) is 0 Å². The van der Waals surface area contributed by atoms with Crippen molar-refractivity contribution in [2.24, 2.45) is 5.73 Å². The van der Waals surface area contributed by atoms with Crippen molar-refractivity contribution in [3.05, 3.63) is 29.3 Å². The van der Waals surface area contributed by atoms with Gasteiger partial charge in [-0.15, -0.1) is 0 Å². The molecule has 0 spiro atoms. The van der Waals surface area contributed by atoms with Gasteiger partial charge in [-0.3, -0.25) is 4.79 Å². The molecule has 0 aliphatic carbocycles. The van der Waals surface area contributed by atoms with Crippen LogP contribution < -0.4 is 15.8 Å². The number of carbonyl (C=O) groups is 1. The molecular weight excluding hydrogens is 268 g/mol. The van der Waals surface area contributed by atoms with E-state index in [1.165, 1.54) is 0 Å². The summed E-state index contributed by atoms with van der Waals surface area (Å²) < 4.78 is 11.0. The second-order valence-electron chi connectivity index (χ2n) is 5.59. The number of benzene rings is 1. The third-order valence-corrected chi connectivity index (χ3v) is 3.88. The molecule has 1 saturated heterocycles. The summed E-state index contributed by atoms with van der Waals surface area (Å²) in [4.78, 5) is 12.1. The first kappa shape index (κ1) is 15.8. The Bertz CT molecular complexity index is 476. The SMILES string of the molecule is Cc1cccc(C)c1OCCNC(=O)C1(N)CCOCC1. The molecule has 0 unspecified atom stereocenters. The van der Waals surface area contributed by atoms with Crippen molar-refractivity contribution in [3.63, 3.8) is 0 Å². The van der Waals surface area contributed by atoms with E-state index in [9.17, 15) is 4.79 Å². The van der Waals surface area contributed by atoms with Gasteiger partial charge in [0.05, 0.1) is 12.1 Å². The van der Waals surface area contributed by atoms with Gasteiger partial charge in [0.1, 0.15) is 12.4 Å². The lowest BCUT2D eigenvalue weighted by Crippen LogP contribution is -2.57. The Morgan fingerprint density at radius 3 is 2.57 bits per heavy atom. The second kappa shape index (κ2) is 6.91. The van der Waals surface area contributed by atoms with Crippen molar-refractivity contribution in [1.29, 1.82) is 0 Å². The van der Waals surface area contributed by atoms with E-state index in [1.807, 2.05) is 32.0 Å². The third kappa shape index (κ3) is 3.95. The number of hydrogen-bond donors (Lipinski definition) is 2. The highest BCUT2D eigenvalue weighted by molar-refractivity contribution is 5.86. The Labute approximate surface area is 125 Å². The summed E-state index contributed by atoms with van der Waals surface area (Å²) in [5, 5.41) is 2.86. The predicted molar refractivity (Wildman–Crippen MR) is 81.4 cm³/mol. The van der Waals surface area contributed by atoms with Crippen LogP contribution in [-0.2, 0) is 9.53 Å². The van der Waals surface area contributed by atoms with Crippen molar-refractivity contribution < 1.29 is 14.3 Å². The maximum absolute atomic E-state index is 12.1. The fourth-order valence-corrected chi connectivity index (χ4v) is 2.48. The number of aryl methyl sites for hydroxylation is 2. The molecule has 5 nitrogen and oxygen atoms in total. The molecule has 0 atom stereocenters. The molecule has 1 aromatic rings. The van der Waals surface area contributed by atoms with Gasteiger partial charge >= 0.3 is 0 Å². The molecule has 0 bridgehead atoms. The van der Waals surface area contributed by atoms with Crippen LogP contribution in [0.2, 0.25) is 0 Å². The molecule has 1 fully saturated rings. The molecule has 3 N–H and O–H groups in total. The van der Waals surface area contributed by atoms with E-state index in [0.717, 1.165) is 16.9 Å². The van der Waals surface area contributed by atoms with Crippen molar-refractivity contribution >= 4 is 5.91 Å². The zero-order valence-corrected chi connectivity index (χ0v) is 12.8. The Kier molecular flexibility index (Phi) is 5.20. The number of hydrogen-bond acceptors (Lipinski definition) is 4. The molecule has 5 heteroatoms. The van der Waals surface area contributed by atoms with Gasteiger partial charge in [-0.1, -0.05) is 18.2 Å². The maximum atomic E-state index is 12.1. The van der Waals surface area contributed by atoms with E-state index >= 15 is 0 Å². The Hall–Kier alpha value is -1.59. The largest absolute Gasteiger partial charge is 0.491 e. The van der Waals surface area contributed by atoms with E-state index in [1.54, 1.807) is 0 Å². The van der Waals surface area contributed by atoms with Gasteiger partial charge in [-0.2, -0.15) is 0 Å². The van der Waals surface area contributed by atoms with Gasteiger partial charge in [-0.05, 0) is 37.8 Å². The molecule has 1 aliphatic rings. The number of rotatable bonds is 5. The van der Waals surface area contributed by atoms with Gasteiger partial charge in [0.15, 0.2) is 0 Å². The van der Waals surface area contributed by atoms with E-state index in [0.29, 0.717) is 39.2 Å². The van der Waals surface area contributed by atoms with E-state index in [4.69, 9.17) is 15.2 Å². The molecule has 1 amide bonds. The summed E-state index contributed by atoms with van der Waals surface area (Å²) in [5.74, 6) is 0.774. The monoisotopic (exact) mass is 292 g/mol. The number of nitrogens with two attached hydrogens (primary N) is 1. The summed E-state index contributed by atoms with van der Waals surface area (Å²) in [6.07, 6.45) is 1.13. The average molecular weight is 292 g/mol. The maximum Gasteiger partial charge on any atom is 0.240 e. The smallest absolute Gasteiger partial charge is 0.240 e. The highest BCUT2D eigenvalue weighted by Crippen LogP contribution is 2.22. The minimum atomic E-state index is -0.795. The molecule has 1 heterocycles. The van der Waals surface area contributed by atoms with Crippen LogP contribution in [0, 0.1) is 13.8 Å². The standard InChI is InChI=1S/C16H24N2O3/c1-12-4-3-5-13(2)14(12)21-11-8-18-15(19)16(17)6-9-20-10-7-16/h3-5H,6-11,17H2,1-2H3,(H,18,19). The first-order valence-electron chi connectivity index (χ1n) is 7.37. The zero-order valence-electron chi connectivity index (χ0n) is 12.8. The van der Waals surface area contributed by atoms with Crippen LogP contribution in [0.25, 0.3) is 0 Å². The van der Waals surface area contributed by atoms with Crippen LogP contribution in [0.5, 0.6) is 5.75 Å². The number of para-hydroxylation sites is 1. The molecule has 21 heavy (non-hydrogen) atoms. The van der Waals surface area contributed by atoms with Crippen LogP contribution in [0.1, 0.15) is 24.0 Å². The normalized spacial score (nSPS) is 17.3. The number of amides is 1. The van der Waals surface area contributed by atoms with E-state index in [-0.39, 0.29) is 5.91 Å². The topological polar surface area (TPSA) is 73.6 Å². The molecule has 1 aliphatic heterocycles. The fraction of sp³-hybridized carbons (Fsp3) is 0.562. The third-order valence-electron chi connectivity index (χ3n) is 3.88. The molecule has 0 radical (unpaired) electrons. The first-order valence-corrected chi connectivity index (χ1v) is 7.37. The first-order chi connectivity index (χ1) is 10.0. The van der Waals surface area contributed by atoms with Crippen LogP contribution in [-0.4, -0.2) is 37.8 Å². The molecule has 116 valence electrons. The summed E-state index contributed by atoms with van der Waals surface area (Å²) in [7, 11) is 0. The number of nitrogens with one attached hydrogen (secondary N) is 1. The molecule has 0 aromatic heterocycles. The fourth-order valence-electron chi connectivity index (χ4n) is 2.48. The molecule has 1 aromatic carbocycles. The minimum Gasteiger partial charge on any atom is -0.491 e. The highest BCUT2D eigenvalue weighted by atomic mass is 16.5. The highest BCUT2D eigenvalue weighted by Gasteiger charge is 2.35. The van der Waals surface area contributed by atoms with Crippen molar-refractivity contribution in [1.82, 2.24) is 5.32 Å². The molecule has 0 saturated carbocycles. The van der Waals surface area contributed by atoms with Crippen LogP contribution in [0.4, 0.5) is 0 Å². The number of ether oxygens (including phenoxy) is 2.